The molecule has 1 amide bonds. The van der Waals surface area contributed by atoms with E-state index >= 15 is 0 Å². The number of carbonyl (C=O) groups is 1. The van der Waals surface area contributed by atoms with Crippen LogP contribution >= 0.6 is 11.3 Å². The van der Waals surface area contributed by atoms with Crippen molar-refractivity contribution < 1.29 is 14.1 Å². The SMILES string of the molecule is CC1CCc2c1cc1c(c2N=S(N)(=O)c2cnc(C(C)(C)O)s2)CCC1.NC=O. The largest absolute Gasteiger partial charge is 0.383 e. The molecule has 7 nitrogen and oxygen atoms in total. The molecule has 0 spiro atoms. The molecular weight excluding hydrogens is 408 g/mol. The lowest BCUT2D eigenvalue weighted by Crippen LogP contribution is -2.14. The minimum Gasteiger partial charge on any atom is -0.383 e. The summed E-state index contributed by atoms with van der Waals surface area (Å²) < 4.78 is 18.3. The zero-order valence-corrected chi connectivity index (χ0v) is 18.6. The van der Waals surface area contributed by atoms with Crippen LogP contribution in [0.25, 0.3) is 0 Å². The topological polar surface area (TPSA) is 132 Å². The quantitative estimate of drug-likeness (QED) is 0.638. The summed E-state index contributed by atoms with van der Waals surface area (Å²) >= 11 is 1.18. The molecule has 2 aliphatic rings. The monoisotopic (exact) mass is 436 g/mol. The Labute approximate surface area is 175 Å². The third-order valence-corrected chi connectivity index (χ3v) is 8.60. The molecule has 4 rings (SSSR count). The van der Waals surface area contributed by atoms with Gasteiger partial charge < -0.3 is 10.8 Å². The van der Waals surface area contributed by atoms with Crippen LogP contribution in [0.15, 0.2) is 20.8 Å². The van der Waals surface area contributed by atoms with Crippen molar-refractivity contribution in [3.63, 3.8) is 0 Å². The first kappa shape index (κ1) is 21.9. The molecule has 0 aliphatic heterocycles. The molecule has 5 N–H and O–H groups in total. The lowest BCUT2D eigenvalue weighted by atomic mass is 9.96. The number of aliphatic hydroxyl groups is 1. The molecule has 1 heterocycles. The average molecular weight is 437 g/mol. The maximum absolute atomic E-state index is 13.3. The third-order valence-electron chi connectivity index (χ3n) is 5.39. The number of benzene rings is 1. The van der Waals surface area contributed by atoms with Crippen LogP contribution in [-0.4, -0.2) is 20.7 Å². The highest BCUT2D eigenvalue weighted by Gasteiger charge is 2.29. The van der Waals surface area contributed by atoms with E-state index in [-0.39, 0.29) is 6.41 Å². The standard InChI is InChI=1S/C19H25N3O2S2.CH3NO/c1-11-7-8-14-15(11)9-12-5-4-6-13(12)17(14)22-26(20,24)16-10-21-18(25-16)19(2,3)23;2-1-3/h9-11,23H,4-8H2,1-3H3,(H2,20,22,24);1H,(H2,2,3). The van der Waals surface area contributed by atoms with Crippen LogP contribution in [0.3, 0.4) is 0 Å². The van der Waals surface area contributed by atoms with Crippen molar-refractivity contribution in [1.82, 2.24) is 4.98 Å². The molecule has 2 atom stereocenters. The number of carbonyl (C=O) groups excluding carboxylic acids is 1. The molecule has 1 aromatic carbocycles. The Kier molecular flexibility index (Phi) is 6.14. The van der Waals surface area contributed by atoms with Gasteiger partial charge in [0, 0.05) is 0 Å². The second-order valence-corrected chi connectivity index (χ2v) is 11.1. The van der Waals surface area contributed by atoms with Gasteiger partial charge in [0.25, 0.3) is 0 Å². The molecule has 158 valence electrons. The summed E-state index contributed by atoms with van der Waals surface area (Å²) in [5, 5.41) is 16.8. The van der Waals surface area contributed by atoms with Crippen LogP contribution in [0.4, 0.5) is 5.69 Å². The second kappa shape index (κ2) is 8.14. The van der Waals surface area contributed by atoms with E-state index < -0.39 is 15.5 Å². The fourth-order valence-corrected chi connectivity index (χ4v) is 6.24. The lowest BCUT2D eigenvalue weighted by molar-refractivity contribution is -0.106. The summed E-state index contributed by atoms with van der Waals surface area (Å²) in [7, 11) is -3.09. The van der Waals surface area contributed by atoms with Gasteiger partial charge in [-0.3, -0.25) is 4.79 Å². The number of aryl methyl sites for hydroxylation is 1. The van der Waals surface area contributed by atoms with Gasteiger partial charge in [-0.1, -0.05) is 13.0 Å². The predicted octanol–water partition coefficient (Wildman–Crippen LogP) is 3.04. The van der Waals surface area contributed by atoms with Crippen molar-refractivity contribution in [3.8, 4) is 0 Å². The van der Waals surface area contributed by atoms with E-state index in [0.717, 1.165) is 37.8 Å². The molecule has 0 bridgehead atoms. The summed E-state index contributed by atoms with van der Waals surface area (Å²) in [5.41, 5.74) is 9.09. The molecule has 2 unspecified atom stereocenters. The summed E-state index contributed by atoms with van der Waals surface area (Å²) in [6.07, 6.45) is 6.97. The fourth-order valence-electron chi connectivity index (χ4n) is 3.98. The van der Waals surface area contributed by atoms with Gasteiger partial charge in [0.15, 0.2) is 9.92 Å². The van der Waals surface area contributed by atoms with E-state index in [1.807, 2.05) is 0 Å². The molecular formula is C20H28N4O3S2. The second-order valence-electron chi connectivity index (χ2n) is 8.06. The van der Waals surface area contributed by atoms with Gasteiger partial charge in [0.05, 0.1) is 11.9 Å². The van der Waals surface area contributed by atoms with Gasteiger partial charge in [-0.2, -0.15) is 4.36 Å². The average Bonchev–Trinajstić information content (AvgIpc) is 3.35. The van der Waals surface area contributed by atoms with Crippen LogP contribution in [0.2, 0.25) is 0 Å². The molecule has 2 aliphatic carbocycles. The van der Waals surface area contributed by atoms with Crippen LogP contribution in [0, 0.1) is 0 Å². The van der Waals surface area contributed by atoms with E-state index in [4.69, 9.17) is 9.93 Å². The van der Waals surface area contributed by atoms with E-state index in [0.29, 0.717) is 15.1 Å². The number of rotatable bonds is 3. The van der Waals surface area contributed by atoms with Crippen LogP contribution in [-0.2, 0) is 39.6 Å². The minimum atomic E-state index is -3.09. The van der Waals surface area contributed by atoms with Gasteiger partial charge in [0.2, 0.25) is 6.41 Å². The Hall–Kier alpha value is -1.81. The highest BCUT2D eigenvalue weighted by molar-refractivity contribution is 7.93. The fraction of sp³-hybridized carbons (Fsp3) is 0.500. The van der Waals surface area contributed by atoms with Crippen LogP contribution in [0.5, 0.6) is 0 Å². The number of amides is 1. The van der Waals surface area contributed by atoms with Crippen molar-refractivity contribution in [2.24, 2.45) is 15.2 Å². The zero-order valence-electron chi connectivity index (χ0n) is 17.0. The number of primary amides is 1. The number of hydrogen-bond donors (Lipinski definition) is 3. The summed E-state index contributed by atoms with van der Waals surface area (Å²) in [5.74, 6) is 0.517. The number of nitrogens with zero attached hydrogens (tertiary/aromatic N) is 2. The Morgan fingerprint density at radius 2 is 2.03 bits per heavy atom. The van der Waals surface area contributed by atoms with Crippen molar-refractivity contribution in [2.45, 2.75) is 68.6 Å². The van der Waals surface area contributed by atoms with Gasteiger partial charge in [-0.15, -0.1) is 11.3 Å². The number of aromatic nitrogens is 1. The maximum atomic E-state index is 13.3. The van der Waals surface area contributed by atoms with Gasteiger partial charge >= 0.3 is 0 Å². The first-order chi connectivity index (χ1) is 13.6. The van der Waals surface area contributed by atoms with E-state index in [9.17, 15) is 9.32 Å². The van der Waals surface area contributed by atoms with Crippen LogP contribution in [0.1, 0.15) is 66.8 Å². The Bertz CT molecular complexity index is 1050. The highest BCUT2D eigenvalue weighted by Crippen LogP contribution is 2.45. The molecule has 1 aromatic heterocycles. The van der Waals surface area contributed by atoms with E-state index in [1.54, 1.807) is 13.8 Å². The number of hydrogen-bond acceptors (Lipinski definition) is 6. The van der Waals surface area contributed by atoms with Crippen LogP contribution < -0.4 is 10.9 Å². The number of thiazole rings is 1. The van der Waals surface area contributed by atoms with E-state index in [1.165, 1.54) is 39.8 Å². The molecule has 0 radical (unpaired) electrons. The molecule has 9 heteroatoms. The predicted molar refractivity (Wildman–Crippen MR) is 115 cm³/mol. The smallest absolute Gasteiger partial charge is 0.204 e. The molecule has 0 saturated heterocycles. The Morgan fingerprint density at radius 1 is 1.34 bits per heavy atom. The van der Waals surface area contributed by atoms with Crippen molar-refractivity contribution >= 4 is 33.3 Å². The first-order valence-electron chi connectivity index (χ1n) is 9.65. The summed E-state index contributed by atoms with van der Waals surface area (Å²) in [4.78, 5) is 12.8. The van der Waals surface area contributed by atoms with E-state index in [2.05, 4.69) is 28.1 Å². The van der Waals surface area contributed by atoms with Gasteiger partial charge in [-0.25, -0.2) is 14.3 Å². The Morgan fingerprint density at radius 3 is 2.66 bits per heavy atom. The summed E-state index contributed by atoms with van der Waals surface area (Å²) in [6.45, 7) is 5.56. The van der Waals surface area contributed by atoms with Gasteiger partial charge in [0.1, 0.15) is 14.8 Å². The maximum Gasteiger partial charge on any atom is 0.204 e. The van der Waals surface area contributed by atoms with Crippen molar-refractivity contribution in [1.29, 1.82) is 0 Å². The molecule has 0 fully saturated rings. The van der Waals surface area contributed by atoms with Crippen molar-refractivity contribution in [3.05, 3.63) is 39.5 Å². The first-order valence-corrected chi connectivity index (χ1v) is 12.0. The molecule has 0 saturated carbocycles. The lowest BCUT2D eigenvalue weighted by Gasteiger charge is -2.14. The van der Waals surface area contributed by atoms with Crippen molar-refractivity contribution in [2.75, 3.05) is 0 Å². The van der Waals surface area contributed by atoms with Gasteiger partial charge in [-0.05, 0) is 74.1 Å². The zero-order chi connectivity index (χ0) is 21.4. The molecule has 29 heavy (non-hydrogen) atoms. The molecule has 2 aromatic rings. The Balaban J connectivity index is 0.000000755. The number of nitrogens with two attached hydrogens (primary N) is 2. The minimum absolute atomic E-state index is 0.250. The normalized spacial score (nSPS) is 19.6. The summed E-state index contributed by atoms with van der Waals surface area (Å²) in [6, 6.07) is 2.34. The number of fused-ring (bicyclic) bond motifs is 2. The third kappa shape index (κ3) is 4.37. The highest BCUT2D eigenvalue weighted by atomic mass is 32.2.